The van der Waals surface area contributed by atoms with E-state index in [0.717, 1.165) is 23.3 Å². The molecule has 0 radical (unpaired) electrons. The number of hydrogen-bond donors (Lipinski definition) is 2. The van der Waals surface area contributed by atoms with Crippen LogP contribution < -0.4 is 15.8 Å². The lowest BCUT2D eigenvalue weighted by molar-refractivity contribution is -0.352. The molecule has 3 aromatic rings. The molecule has 0 fully saturated rings. The minimum Gasteiger partial charge on any atom is -0.545 e. The summed E-state index contributed by atoms with van der Waals surface area (Å²) in [6.45, 7) is 0. The fraction of sp³-hybridized carbons (Fsp3) is 0. The van der Waals surface area contributed by atoms with Crippen molar-refractivity contribution in [2.45, 2.75) is 0 Å². The number of carboxylic acid groups (broad SMARTS) is 1. The van der Waals surface area contributed by atoms with Crippen molar-refractivity contribution in [1.82, 2.24) is 15.0 Å². The van der Waals surface area contributed by atoms with Gasteiger partial charge in [-0.3, -0.25) is 0 Å². The zero-order chi connectivity index (χ0) is 14.5. The number of nitrogen functional groups attached to an aromatic ring is 1. The molecule has 0 aliphatic carbocycles. The zero-order valence-corrected chi connectivity index (χ0v) is 10.6. The van der Waals surface area contributed by atoms with Gasteiger partial charge in [0, 0.05) is 5.56 Å². The lowest BCUT2D eigenvalue weighted by Gasteiger charge is -2.00. The number of benzene rings is 1. The van der Waals surface area contributed by atoms with Gasteiger partial charge in [0.1, 0.15) is 5.82 Å². The van der Waals surface area contributed by atoms with E-state index in [-0.39, 0.29) is 5.48 Å². The number of halogens is 1. The molecule has 0 amide bonds. The average molecular weight is 293 g/mol. The van der Waals surface area contributed by atoms with Crippen molar-refractivity contribution in [3.05, 3.63) is 48.3 Å². The van der Waals surface area contributed by atoms with Crippen molar-refractivity contribution in [3.8, 4) is 0 Å². The molecule has 0 unspecified atom stereocenters. The molecule has 1 aromatic carbocycles. The van der Waals surface area contributed by atoms with Gasteiger partial charge in [-0.25, -0.2) is 9.37 Å². The number of aromatic carboxylic acids is 1. The second-order valence-corrected chi connectivity index (χ2v) is 3.68. The zero-order valence-electron chi connectivity index (χ0n) is 10.6. The van der Waals surface area contributed by atoms with Gasteiger partial charge < -0.3 is 26.1 Å². The van der Waals surface area contributed by atoms with Crippen LogP contribution in [0.4, 0.5) is 10.2 Å². The normalized spacial score (nSPS) is 9.38. The molecule has 6 N–H and O–H groups in total. The maximum absolute atomic E-state index is 12.4. The highest BCUT2D eigenvalue weighted by Crippen LogP contribution is 2.06. The lowest BCUT2D eigenvalue weighted by Crippen LogP contribution is -2.23. The third kappa shape index (κ3) is 3.70. The number of nitrogens with one attached hydrogen (secondary N) is 2. The molecular formula is C12H12FN5O3. The number of carboxylic acids is 1. The molecule has 0 aliphatic heterocycles. The summed E-state index contributed by atoms with van der Waals surface area (Å²) in [4.78, 5) is 23.5. The van der Waals surface area contributed by atoms with Crippen LogP contribution in [-0.2, 0) is 0 Å². The molecule has 9 heteroatoms. The van der Waals surface area contributed by atoms with Crippen LogP contribution in [-0.4, -0.2) is 26.4 Å². The fourth-order valence-electron chi connectivity index (χ4n) is 1.45. The van der Waals surface area contributed by atoms with Gasteiger partial charge in [0.2, 0.25) is 12.1 Å². The Morgan fingerprint density at radius 1 is 1.33 bits per heavy atom. The van der Waals surface area contributed by atoms with E-state index in [1.54, 1.807) is 6.33 Å². The highest BCUT2D eigenvalue weighted by molar-refractivity contribution is 5.85. The molecule has 2 aromatic heterocycles. The van der Waals surface area contributed by atoms with Gasteiger partial charge in [0.25, 0.3) is 5.65 Å². The summed E-state index contributed by atoms with van der Waals surface area (Å²) >= 11 is 0. The first-order chi connectivity index (χ1) is 9.59. The van der Waals surface area contributed by atoms with Crippen molar-refractivity contribution >= 4 is 23.0 Å². The molecular weight excluding hydrogens is 281 g/mol. The van der Waals surface area contributed by atoms with Crippen LogP contribution in [0.2, 0.25) is 0 Å². The van der Waals surface area contributed by atoms with Crippen LogP contribution >= 0.6 is 0 Å². The van der Waals surface area contributed by atoms with Gasteiger partial charge in [-0.1, -0.05) is 28.2 Å². The van der Waals surface area contributed by atoms with Gasteiger partial charge in [-0.15, -0.1) is 0 Å². The number of aromatic nitrogens is 4. The summed E-state index contributed by atoms with van der Waals surface area (Å²) in [6.07, 6.45) is 3.08. The summed E-state index contributed by atoms with van der Waals surface area (Å²) < 4.78 is 12.4. The molecule has 21 heavy (non-hydrogen) atoms. The van der Waals surface area contributed by atoms with Crippen LogP contribution in [0.3, 0.4) is 0 Å². The van der Waals surface area contributed by atoms with E-state index < -0.39 is 17.3 Å². The SMILES string of the molecule is Nc1nc[nH+]c2nc[nH]c12.O.O=C([O-])c1ccccc1F. The van der Waals surface area contributed by atoms with Gasteiger partial charge in [-0.05, 0) is 6.07 Å². The monoisotopic (exact) mass is 293 g/mol. The molecule has 0 aliphatic rings. The Morgan fingerprint density at radius 3 is 2.62 bits per heavy atom. The predicted octanol–water partition coefficient (Wildman–Crippen LogP) is -1.28. The second-order valence-electron chi connectivity index (χ2n) is 3.68. The predicted molar refractivity (Wildman–Crippen MR) is 69.2 cm³/mol. The summed E-state index contributed by atoms with van der Waals surface area (Å²) in [5.41, 5.74) is 6.58. The summed E-state index contributed by atoms with van der Waals surface area (Å²) in [7, 11) is 0. The Labute approximate surface area is 117 Å². The van der Waals surface area contributed by atoms with E-state index in [1.807, 2.05) is 0 Å². The third-order valence-electron chi connectivity index (χ3n) is 2.39. The minimum absolute atomic E-state index is 0. The molecule has 2 heterocycles. The maximum atomic E-state index is 12.4. The average Bonchev–Trinajstić information content (AvgIpc) is 2.89. The van der Waals surface area contributed by atoms with Crippen LogP contribution in [0.1, 0.15) is 10.4 Å². The number of nitrogens with zero attached hydrogens (tertiary/aromatic N) is 2. The van der Waals surface area contributed by atoms with Crippen LogP contribution in [0.15, 0.2) is 36.9 Å². The number of H-pyrrole nitrogens is 2. The number of imidazole rings is 1. The van der Waals surface area contributed by atoms with Crippen molar-refractivity contribution in [1.29, 1.82) is 0 Å². The molecule has 8 nitrogen and oxygen atoms in total. The largest absolute Gasteiger partial charge is 0.545 e. The topological polar surface area (TPSA) is 153 Å². The first-order valence-electron chi connectivity index (χ1n) is 5.50. The molecule has 0 saturated heterocycles. The number of nitrogens with two attached hydrogens (primary N) is 1. The molecule has 0 saturated carbocycles. The summed E-state index contributed by atoms with van der Waals surface area (Å²) in [6, 6.07) is 5.09. The number of fused-ring (bicyclic) bond motifs is 1. The van der Waals surface area contributed by atoms with Crippen LogP contribution in [0, 0.1) is 5.82 Å². The number of anilines is 1. The first-order valence-corrected chi connectivity index (χ1v) is 5.50. The van der Waals surface area contributed by atoms with E-state index in [9.17, 15) is 14.3 Å². The standard InChI is InChI=1S/C7H5FO2.C5H5N5.H2O/c8-6-4-2-1-3-5(6)7(9)10;6-4-3-5(9-1-7-3)10-2-8-4;/h1-4H,(H,9,10);1-2H,(H3,6,7,8,9,10);1H2. The Kier molecular flexibility index (Phi) is 5.26. The second kappa shape index (κ2) is 6.91. The van der Waals surface area contributed by atoms with Gasteiger partial charge in [0.05, 0.1) is 5.97 Å². The van der Waals surface area contributed by atoms with E-state index in [4.69, 9.17) is 5.73 Å². The summed E-state index contributed by atoms with van der Waals surface area (Å²) in [5.74, 6) is -1.79. The number of rotatable bonds is 1. The summed E-state index contributed by atoms with van der Waals surface area (Å²) in [5, 5.41) is 10.1. The number of hydrogen-bond acceptors (Lipinski definition) is 5. The molecule has 0 atom stereocenters. The molecule has 3 rings (SSSR count). The highest BCUT2D eigenvalue weighted by atomic mass is 19.1. The van der Waals surface area contributed by atoms with Gasteiger partial charge >= 0.3 is 0 Å². The van der Waals surface area contributed by atoms with Gasteiger partial charge in [-0.2, -0.15) is 0 Å². The lowest BCUT2D eigenvalue weighted by atomic mass is 10.2. The van der Waals surface area contributed by atoms with Crippen molar-refractivity contribution in [3.63, 3.8) is 0 Å². The number of carbonyl (C=O) groups is 1. The van der Waals surface area contributed by atoms with Gasteiger partial charge in [0.15, 0.2) is 11.8 Å². The third-order valence-corrected chi connectivity index (χ3v) is 2.39. The molecule has 110 valence electrons. The van der Waals surface area contributed by atoms with E-state index in [1.165, 1.54) is 18.5 Å². The maximum Gasteiger partial charge on any atom is 0.290 e. The van der Waals surface area contributed by atoms with Crippen molar-refractivity contribution < 1.29 is 24.8 Å². The molecule has 0 spiro atoms. The Balaban J connectivity index is 0.000000200. The smallest absolute Gasteiger partial charge is 0.290 e. The van der Waals surface area contributed by atoms with Crippen molar-refractivity contribution in [2.24, 2.45) is 0 Å². The van der Waals surface area contributed by atoms with Crippen LogP contribution in [0.5, 0.6) is 0 Å². The quantitative estimate of drug-likeness (QED) is 0.572. The van der Waals surface area contributed by atoms with E-state index in [2.05, 4.69) is 19.9 Å². The van der Waals surface area contributed by atoms with E-state index >= 15 is 0 Å². The van der Waals surface area contributed by atoms with Crippen LogP contribution in [0.25, 0.3) is 11.2 Å². The highest BCUT2D eigenvalue weighted by Gasteiger charge is 2.06. The minimum atomic E-state index is -1.49. The van der Waals surface area contributed by atoms with E-state index in [0.29, 0.717) is 5.82 Å². The Morgan fingerprint density at radius 2 is 2.05 bits per heavy atom. The first kappa shape index (κ1) is 16.0. The molecule has 0 bridgehead atoms. The number of aromatic amines is 2. The Hall–Kier alpha value is -3.07. The Bertz CT molecular complexity index is 746. The van der Waals surface area contributed by atoms with Crippen molar-refractivity contribution in [2.75, 3.05) is 5.73 Å². The number of carbonyl (C=O) groups excluding carboxylic acids is 1. The fourth-order valence-corrected chi connectivity index (χ4v) is 1.45.